The number of benzene rings is 3. The summed E-state index contributed by atoms with van der Waals surface area (Å²) in [5.41, 5.74) is 3.12. The van der Waals surface area contributed by atoms with Gasteiger partial charge in [-0.05, 0) is 42.0 Å². The number of ether oxygens (including phenoxy) is 1. The van der Waals surface area contributed by atoms with Crippen molar-refractivity contribution in [3.05, 3.63) is 83.4 Å². The first kappa shape index (κ1) is 15.2. The molecule has 0 aliphatic heterocycles. The lowest BCUT2D eigenvalue weighted by atomic mass is 10.2. The number of halogens is 1. The third-order valence-electron chi connectivity index (χ3n) is 3.72. The molecule has 0 saturated carbocycles. The molecule has 1 aromatic heterocycles. The molecule has 4 heteroatoms. The quantitative estimate of drug-likeness (QED) is 0.437. The molecule has 0 aliphatic carbocycles. The minimum absolute atomic E-state index is 0.499. The fourth-order valence-electron chi connectivity index (χ4n) is 2.50. The van der Waals surface area contributed by atoms with Crippen molar-refractivity contribution in [3.63, 3.8) is 0 Å². The molecule has 24 heavy (non-hydrogen) atoms. The summed E-state index contributed by atoms with van der Waals surface area (Å²) < 4.78 is 7.22. The van der Waals surface area contributed by atoms with Gasteiger partial charge in [0.25, 0.3) is 0 Å². The molecule has 3 aromatic carbocycles. The van der Waals surface area contributed by atoms with E-state index >= 15 is 0 Å². The molecule has 0 saturated heterocycles. The van der Waals surface area contributed by atoms with Crippen molar-refractivity contribution in [2.24, 2.45) is 0 Å². The molecule has 2 nitrogen and oxygen atoms in total. The van der Waals surface area contributed by atoms with Crippen LogP contribution in [0.1, 0.15) is 5.56 Å². The van der Waals surface area contributed by atoms with E-state index in [0.717, 1.165) is 32.4 Å². The highest BCUT2D eigenvalue weighted by molar-refractivity contribution is 7.21. The van der Waals surface area contributed by atoms with Gasteiger partial charge in [-0.2, -0.15) is 0 Å². The summed E-state index contributed by atoms with van der Waals surface area (Å²) in [5.74, 6) is 0.839. The molecule has 0 spiro atoms. The van der Waals surface area contributed by atoms with E-state index in [1.54, 1.807) is 11.3 Å². The first-order valence-corrected chi connectivity index (χ1v) is 8.81. The summed E-state index contributed by atoms with van der Waals surface area (Å²) >= 11 is 7.60. The lowest BCUT2D eigenvalue weighted by Crippen LogP contribution is -1.96. The number of nitrogens with zero attached hydrogens (tertiary/aromatic N) is 1. The third-order valence-corrected chi connectivity index (χ3v) is 5.04. The van der Waals surface area contributed by atoms with Gasteiger partial charge >= 0.3 is 0 Å². The number of hydrogen-bond donors (Lipinski definition) is 0. The molecule has 0 fully saturated rings. The molecule has 0 unspecified atom stereocenters. The Kier molecular flexibility index (Phi) is 4.20. The second kappa shape index (κ2) is 6.63. The maximum Gasteiger partial charge on any atom is 0.130 e. The fraction of sp³-hybridized carbons (Fsp3) is 0.0500. The topological polar surface area (TPSA) is 22.1 Å². The summed E-state index contributed by atoms with van der Waals surface area (Å²) in [4.78, 5) is 4.73. The zero-order chi connectivity index (χ0) is 16.4. The molecule has 4 aromatic rings. The Morgan fingerprint density at radius 1 is 0.875 bits per heavy atom. The molecule has 0 atom stereocenters. The maximum absolute atomic E-state index is 6.04. The van der Waals surface area contributed by atoms with Crippen LogP contribution in [-0.2, 0) is 6.61 Å². The standard InChI is InChI=1S/C20H14ClNOS/c21-15-11-9-14(10-12-15)13-23-18-7-3-1-5-16(18)20-22-17-6-2-4-8-19(17)24-20/h1-12H,13H2. The Hall–Kier alpha value is -2.36. The number of rotatable bonds is 4. The molecular weight excluding hydrogens is 338 g/mol. The Bertz CT molecular complexity index is 945. The monoisotopic (exact) mass is 351 g/mol. The van der Waals surface area contributed by atoms with Crippen molar-refractivity contribution in [1.29, 1.82) is 0 Å². The van der Waals surface area contributed by atoms with Gasteiger partial charge in [-0.3, -0.25) is 0 Å². The van der Waals surface area contributed by atoms with Crippen LogP contribution in [0, 0.1) is 0 Å². The van der Waals surface area contributed by atoms with Crippen molar-refractivity contribution < 1.29 is 4.74 Å². The summed E-state index contributed by atoms with van der Waals surface area (Å²) in [7, 11) is 0. The summed E-state index contributed by atoms with van der Waals surface area (Å²) in [5, 5.41) is 1.71. The molecule has 0 aliphatic rings. The molecule has 0 N–H and O–H groups in total. The van der Waals surface area contributed by atoms with Gasteiger partial charge in [-0.15, -0.1) is 11.3 Å². The maximum atomic E-state index is 6.04. The normalized spacial score (nSPS) is 10.9. The highest BCUT2D eigenvalue weighted by atomic mass is 35.5. The Morgan fingerprint density at radius 3 is 2.46 bits per heavy atom. The van der Waals surface area contributed by atoms with Crippen molar-refractivity contribution in [2.75, 3.05) is 0 Å². The molecule has 1 heterocycles. The van der Waals surface area contributed by atoms with Crippen LogP contribution < -0.4 is 4.74 Å². The van der Waals surface area contributed by atoms with Crippen molar-refractivity contribution >= 4 is 33.2 Å². The highest BCUT2D eigenvalue weighted by Crippen LogP contribution is 2.35. The van der Waals surface area contributed by atoms with E-state index in [1.165, 1.54) is 4.70 Å². The SMILES string of the molecule is Clc1ccc(COc2ccccc2-c2nc3ccccc3s2)cc1. The smallest absolute Gasteiger partial charge is 0.130 e. The first-order chi connectivity index (χ1) is 11.8. The van der Waals surface area contributed by atoms with Crippen LogP contribution in [0.15, 0.2) is 72.8 Å². The van der Waals surface area contributed by atoms with Gasteiger partial charge in [0, 0.05) is 5.02 Å². The average Bonchev–Trinajstić information content (AvgIpc) is 3.05. The van der Waals surface area contributed by atoms with Gasteiger partial charge in [0.2, 0.25) is 0 Å². The highest BCUT2D eigenvalue weighted by Gasteiger charge is 2.11. The van der Waals surface area contributed by atoms with E-state index in [1.807, 2.05) is 60.7 Å². The second-order valence-corrected chi connectivity index (χ2v) is 6.87. The van der Waals surface area contributed by atoms with Crippen LogP contribution in [0.3, 0.4) is 0 Å². The van der Waals surface area contributed by atoms with Gasteiger partial charge in [0.15, 0.2) is 0 Å². The summed E-state index contributed by atoms with van der Waals surface area (Å²) in [6, 6.07) is 23.9. The lowest BCUT2D eigenvalue weighted by molar-refractivity contribution is 0.307. The zero-order valence-electron chi connectivity index (χ0n) is 12.8. The first-order valence-electron chi connectivity index (χ1n) is 7.62. The van der Waals surface area contributed by atoms with Crippen LogP contribution in [-0.4, -0.2) is 4.98 Å². The largest absolute Gasteiger partial charge is 0.488 e. The fourth-order valence-corrected chi connectivity index (χ4v) is 3.62. The van der Waals surface area contributed by atoms with Crippen LogP contribution in [0.5, 0.6) is 5.75 Å². The van der Waals surface area contributed by atoms with Crippen molar-refractivity contribution in [2.45, 2.75) is 6.61 Å². The summed E-state index contributed by atoms with van der Waals surface area (Å²) in [6.07, 6.45) is 0. The minimum atomic E-state index is 0.499. The predicted octanol–water partition coefficient (Wildman–Crippen LogP) is 6.20. The van der Waals surface area contributed by atoms with E-state index in [9.17, 15) is 0 Å². The zero-order valence-corrected chi connectivity index (χ0v) is 14.3. The van der Waals surface area contributed by atoms with E-state index in [0.29, 0.717) is 6.61 Å². The van der Waals surface area contributed by atoms with Gasteiger partial charge < -0.3 is 4.74 Å². The Labute approximate surface area is 149 Å². The molecular formula is C20H14ClNOS. The minimum Gasteiger partial charge on any atom is -0.488 e. The van der Waals surface area contributed by atoms with Crippen LogP contribution in [0.2, 0.25) is 5.02 Å². The Balaban J connectivity index is 1.63. The third kappa shape index (κ3) is 3.14. The molecule has 0 amide bonds. The number of fused-ring (bicyclic) bond motifs is 1. The molecule has 0 bridgehead atoms. The van der Waals surface area contributed by atoms with Crippen LogP contribution >= 0.6 is 22.9 Å². The van der Waals surface area contributed by atoms with E-state index in [4.69, 9.17) is 21.3 Å². The predicted molar refractivity (Wildman–Crippen MR) is 101 cm³/mol. The van der Waals surface area contributed by atoms with Crippen LogP contribution in [0.25, 0.3) is 20.8 Å². The van der Waals surface area contributed by atoms with Crippen LogP contribution in [0.4, 0.5) is 0 Å². The van der Waals surface area contributed by atoms with Gasteiger partial charge in [-0.1, -0.05) is 48.0 Å². The number of aromatic nitrogens is 1. The average molecular weight is 352 g/mol. The molecule has 4 rings (SSSR count). The second-order valence-electron chi connectivity index (χ2n) is 5.40. The van der Waals surface area contributed by atoms with Gasteiger partial charge in [0.1, 0.15) is 17.4 Å². The van der Waals surface area contributed by atoms with Gasteiger partial charge in [0.05, 0.1) is 15.8 Å². The molecule has 118 valence electrons. The summed E-state index contributed by atoms with van der Waals surface area (Å²) in [6.45, 7) is 0.499. The Morgan fingerprint density at radius 2 is 1.62 bits per heavy atom. The van der Waals surface area contributed by atoms with E-state index in [2.05, 4.69) is 12.1 Å². The molecule has 0 radical (unpaired) electrons. The van der Waals surface area contributed by atoms with Crippen molar-refractivity contribution in [1.82, 2.24) is 4.98 Å². The van der Waals surface area contributed by atoms with E-state index < -0.39 is 0 Å². The van der Waals surface area contributed by atoms with Gasteiger partial charge in [-0.25, -0.2) is 4.98 Å². The number of hydrogen-bond acceptors (Lipinski definition) is 3. The van der Waals surface area contributed by atoms with E-state index in [-0.39, 0.29) is 0 Å². The number of thiazole rings is 1. The number of para-hydroxylation sites is 2. The lowest BCUT2D eigenvalue weighted by Gasteiger charge is -2.10. The van der Waals surface area contributed by atoms with Crippen molar-refractivity contribution in [3.8, 4) is 16.3 Å².